The standard InChI is InChI=1S/C22H20FN3O3/c23-16-4-1-14(2-5-16)18-12-21(28)24-13-19(18)22(29)25-17-6-3-15-7-8-26(9-10-27)20(15)11-17/h1-8,11,13,18,27H,9-10,12H2,(H,24,28)(H,25,29)/t18-/m0/s1. The van der Waals surface area contributed by atoms with Gasteiger partial charge in [-0.25, -0.2) is 4.39 Å². The zero-order valence-electron chi connectivity index (χ0n) is 15.6. The van der Waals surface area contributed by atoms with Gasteiger partial charge in [-0.05, 0) is 41.3 Å². The van der Waals surface area contributed by atoms with Crippen LogP contribution in [0.4, 0.5) is 10.1 Å². The first kappa shape index (κ1) is 18.9. The number of amides is 2. The summed E-state index contributed by atoms with van der Waals surface area (Å²) >= 11 is 0. The van der Waals surface area contributed by atoms with E-state index in [-0.39, 0.29) is 30.7 Å². The molecule has 6 nitrogen and oxygen atoms in total. The molecule has 4 rings (SSSR count). The topological polar surface area (TPSA) is 83.4 Å². The normalized spacial score (nSPS) is 16.4. The van der Waals surface area contributed by atoms with Crippen molar-refractivity contribution in [3.63, 3.8) is 0 Å². The van der Waals surface area contributed by atoms with Gasteiger partial charge in [0.25, 0.3) is 5.91 Å². The van der Waals surface area contributed by atoms with Crippen LogP contribution in [-0.2, 0) is 16.1 Å². The van der Waals surface area contributed by atoms with Gasteiger partial charge in [0.2, 0.25) is 5.91 Å². The molecule has 0 unspecified atom stereocenters. The summed E-state index contributed by atoms with van der Waals surface area (Å²) in [4.78, 5) is 24.8. The van der Waals surface area contributed by atoms with Gasteiger partial charge in [0.1, 0.15) is 5.82 Å². The number of anilines is 1. The average molecular weight is 393 g/mol. The third kappa shape index (κ3) is 3.90. The van der Waals surface area contributed by atoms with E-state index in [1.807, 2.05) is 29.0 Å². The van der Waals surface area contributed by atoms with Crippen LogP contribution in [0.5, 0.6) is 0 Å². The average Bonchev–Trinajstić information content (AvgIpc) is 3.11. The first-order chi connectivity index (χ1) is 14.0. The van der Waals surface area contributed by atoms with E-state index in [2.05, 4.69) is 10.6 Å². The lowest BCUT2D eigenvalue weighted by Crippen LogP contribution is -2.31. The van der Waals surface area contributed by atoms with Crippen molar-refractivity contribution in [3.8, 4) is 0 Å². The Morgan fingerprint density at radius 2 is 2.00 bits per heavy atom. The molecule has 148 valence electrons. The van der Waals surface area contributed by atoms with Crippen molar-refractivity contribution in [2.75, 3.05) is 11.9 Å². The summed E-state index contributed by atoms with van der Waals surface area (Å²) in [6.45, 7) is 0.483. The van der Waals surface area contributed by atoms with Crippen LogP contribution in [0.2, 0.25) is 0 Å². The quantitative estimate of drug-likeness (QED) is 0.623. The van der Waals surface area contributed by atoms with Crippen LogP contribution in [0.1, 0.15) is 17.9 Å². The van der Waals surface area contributed by atoms with E-state index in [1.165, 1.54) is 18.3 Å². The molecule has 2 amide bonds. The summed E-state index contributed by atoms with van der Waals surface area (Å²) in [7, 11) is 0. The lowest BCUT2D eigenvalue weighted by molar-refractivity contribution is -0.121. The highest BCUT2D eigenvalue weighted by molar-refractivity contribution is 6.07. The zero-order valence-corrected chi connectivity index (χ0v) is 15.6. The van der Waals surface area contributed by atoms with E-state index < -0.39 is 5.92 Å². The summed E-state index contributed by atoms with van der Waals surface area (Å²) in [6, 6.07) is 13.3. The second kappa shape index (κ2) is 7.89. The Labute approximate surface area is 166 Å². The molecule has 2 heterocycles. The van der Waals surface area contributed by atoms with Gasteiger partial charge in [-0.15, -0.1) is 0 Å². The van der Waals surface area contributed by atoms with Crippen LogP contribution in [0, 0.1) is 5.82 Å². The van der Waals surface area contributed by atoms with Gasteiger partial charge in [0.05, 0.1) is 12.1 Å². The van der Waals surface area contributed by atoms with Crippen LogP contribution < -0.4 is 10.6 Å². The monoisotopic (exact) mass is 393 g/mol. The lowest BCUT2D eigenvalue weighted by Gasteiger charge is -2.24. The van der Waals surface area contributed by atoms with Crippen molar-refractivity contribution < 1.29 is 19.1 Å². The number of aromatic nitrogens is 1. The molecule has 29 heavy (non-hydrogen) atoms. The highest BCUT2D eigenvalue weighted by Crippen LogP contribution is 2.31. The number of carbonyl (C=O) groups is 2. The molecule has 1 aromatic heterocycles. The highest BCUT2D eigenvalue weighted by Gasteiger charge is 2.29. The number of aliphatic hydroxyl groups is 1. The Morgan fingerprint density at radius 1 is 1.21 bits per heavy atom. The Balaban J connectivity index is 1.60. The molecule has 1 aliphatic rings. The van der Waals surface area contributed by atoms with Gasteiger partial charge >= 0.3 is 0 Å². The number of nitrogens with zero attached hydrogens (tertiary/aromatic N) is 1. The first-order valence-corrected chi connectivity index (χ1v) is 9.31. The van der Waals surface area contributed by atoms with E-state index in [0.29, 0.717) is 23.4 Å². The number of halogens is 1. The summed E-state index contributed by atoms with van der Waals surface area (Å²) in [6.07, 6.45) is 3.42. The molecular weight excluding hydrogens is 373 g/mol. The first-order valence-electron chi connectivity index (χ1n) is 9.31. The molecule has 0 aliphatic carbocycles. The molecule has 0 bridgehead atoms. The minimum absolute atomic E-state index is 0.0201. The van der Waals surface area contributed by atoms with Crippen LogP contribution in [0.15, 0.2) is 66.5 Å². The number of benzene rings is 2. The van der Waals surface area contributed by atoms with E-state index in [9.17, 15) is 19.1 Å². The fraction of sp³-hybridized carbons (Fsp3) is 0.182. The Hall–Kier alpha value is -3.45. The molecule has 0 spiro atoms. The van der Waals surface area contributed by atoms with Gasteiger partial charge < -0.3 is 20.3 Å². The number of rotatable bonds is 5. The van der Waals surface area contributed by atoms with Gasteiger partial charge in [-0.2, -0.15) is 0 Å². The number of hydrogen-bond acceptors (Lipinski definition) is 3. The van der Waals surface area contributed by atoms with Crippen LogP contribution in [0.3, 0.4) is 0 Å². The smallest absolute Gasteiger partial charge is 0.253 e. The molecule has 0 fully saturated rings. The van der Waals surface area contributed by atoms with Crippen molar-refractivity contribution in [1.29, 1.82) is 0 Å². The second-order valence-corrected chi connectivity index (χ2v) is 6.94. The molecule has 3 aromatic rings. The molecule has 2 aromatic carbocycles. The van der Waals surface area contributed by atoms with E-state index in [4.69, 9.17) is 0 Å². The summed E-state index contributed by atoms with van der Waals surface area (Å²) in [5, 5.41) is 15.7. The van der Waals surface area contributed by atoms with Gasteiger partial charge in [-0.3, -0.25) is 9.59 Å². The molecule has 1 atom stereocenters. The molecule has 0 saturated carbocycles. The third-order valence-electron chi connectivity index (χ3n) is 5.06. The number of aliphatic hydroxyl groups excluding tert-OH is 1. The minimum atomic E-state index is -0.452. The van der Waals surface area contributed by atoms with Crippen molar-refractivity contribution in [3.05, 3.63) is 77.9 Å². The van der Waals surface area contributed by atoms with Crippen molar-refractivity contribution in [2.24, 2.45) is 0 Å². The number of nitrogens with one attached hydrogen (secondary N) is 2. The molecule has 1 aliphatic heterocycles. The molecule has 0 radical (unpaired) electrons. The summed E-state index contributed by atoms with van der Waals surface area (Å²) < 4.78 is 15.2. The fourth-order valence-electron chi connectivity index (χ4n) is 3.60. The van der Waals surface area contributed by atoms with E-state index >= 15 is 0 Å². The van der Waals surface area contributed by atoms with Crippen molar-refractivity contribution in [2.45, 2.75) is 18.9 Å². The maximum Gasteiger partial charge on any atom is 0.253 e. The maximum atomic E-state index is 13.3. The predicted molar refractivity (Wildman–Crippen MR) is 108 cm³/mol. The maximum absolute atomic E-state index is 13.3. The number of fused-ring (bicyclic) bond motifs is 1. The zero-order chi connectivity index (χ0) is 20.4. The summed E-state index contributed by atoms with van der Waals surface area (Å²) in [5.74, 6) is -1.35. The summed E-state index contributed by atoms with van der Waals surface area (Å²) in [5.41, 5.74) is 2.62. The molecule has 7 heteroatoms. The molecule has 3 N–H and O–H groups in total. The largest absolute Gasteiger partial charge is 0.395 e. The SMILES string of the molecule is O=C1C[C@@H](c2ccc(F)cc2)C(C(=O)Nc2ccc3ccn(CCO)c3c2)=CN1. The molecule has 0 saturated heterocycles. The van der Waals surface area contributed by atoms with Crippen molar-refractivity contribution in [1.82, 2.24) is 9.88 Å². The molecular formula is C22H20FN3O3. The van der Waals surface area contributed by atoms with Gasteiger partial charge in [-0.1, -0.05) is 18.2 Å². The Kier molecular flexibility index (Phi) is 5.14. The van der Waals surface area contributed by atoms with Gasteiger partial charge in [0.15, 0.2) is 0 Å². The van der Waals surface area contributed by atoms with Gasteiger partial charge in [0, 0.05) is 42.5 Å². The highest BCUT2D eigenvalue weighted by atomic mass is 19.1. The Morgan fingerprint density at radius 3 is 2.76 bits per heavy atom. The fourth-order valence-corrected chi connectivity index (χ4v) is 3.60. The second-order valence-electron chi connectivity index (χ2n) is 6.94. The van der Waals surface area contributed by atoms with Crippen molar-refractivity contribution >= 4 is 28.4 Å². The Bertz CT molecular complexity index is 1100. The number of hydrogen-bond donors (Lipinski definition) is 3. The number of carbonyl (C=O) groups excluding carboxylic acids is 2. The third-order valence-corrected chi connectivity index (χ3v) is 5.06. The van der Waals surface area contributed by atoms with Crippen LogP contribution in [0.25, 0.3) is 10.9 Å². The predicted octanol–water partition coefficient (Wildman–Crippen LogP) is 2.90. The minimum Gasteiger partial charge on any atom is -0.395 e. The van der Waals surface area contributed by atoms with E-state index in [0.717, 1.165) is 10.9 Å². The van der Waals surface area contributed by atoms with Crippen LogP contribution >= 0.6 is 0 Å². The van der Waals surface area contributed by atoms with E-state index in [1.54, 1.807) is 18.2 Å². The lowest BCUT2D eigenvalue weighted by atomic mass is 9.86. The van der Waals surface area contributed by atoms with Crippen LogP contribution in [-0.4, -0.2) is 28.1 Å².